The van der Waals surface area contributed by atoms with E-state index in [4.69, 9.17) is 0 Å². The predicted octanol–water partition coefficient (Wildman–Crippen LogP) is 2.03. The van der Waals surface area contributed by atoms with Crippen molar-refractivity contribution in [1.29, 1.82) is 0 Å². The molecule has 0 unspecified atom stereocenters. The van der Waals surface area contributed by atoms with Gasteiger partial charge in [0.2, 0.25) is 11.8 Å². The summed E-state index contributed by atoms with van der Waals surface area (Å²) in [6.45, 7) is 3.67. The summed E-state index contributed by atoms with van der Waals surface area (Å²) in [7, 11) is 0. The Morgan fingerprint density at radius 1 is 1.27 bits per heavy atom. The van der Waals surface area contributed by atoms with Gasteiger partial charge in [-0.05, 0) is 37.3 Å². The first-order chi connectivity index (χ1) is 12.7. The normalized spacial score (nSPS) is 23.2. The standard InChI is InChI=1S/C20H26N4O2/c1-2-14-11-17(14)20(26)23-9-6-16(7-10-23)22-19(25)12-15-13-21-24-8-4-3-5-18(15)24/h3-5,8,13-14,16-17H,2,6-7,9-12H2,1H3,(H,22,25)/t14-,17-/m1/s1. The molecule has 1 saturated carbocycles. The van der Waals surface area contributed by atoms with Gasteiger partial charge < -0.3 is 10.2 Å². The number of rotatable bonds is 5. The molecule has 2 amide bonds. The van der Waals surface area contributed by atoms with E-state index in [1.807, 2.05) is 29.3 Å². The molecule has 0 aromatic carbocycles. The number of piperidine rings is 1. The van der Waals surface area contributed by atoms with Crippen molar-refractivity contribution in [3.8, 4) is 0 Å². The monoisotopic (exact) mass is 354 g/mol. The maximum atomic E-state index is 12.4. The van der Waals surface area contributed by atoms with Crippen LogP contribution in [0.25, 0.3) is 5.52 Å². The number of likely N-dealkylation sites (tertiary alicyclic amines) is 1. The molecule has 0 spiro atoms. The Kier molecular flexibility index (Phi) is 4.66. The molecular formula is C20H26N4O2. The van der Waals surface area contributed by atoms with Crippen LogP contribution in [0.4, 0.5) is 0 Å². The molecule has 3 heterocycles. The van der Waals surface area contributed by atoms with E-state index in [-0.39, 0.29) is 17.9 Å². The van der Waals surface area contributed by atoms with Crippen molar-refractivity contribution in [3.63, 3.8) is 0 Å². The Labute approximate surface area is 153 Å². The maximum Gasteiger partial charge on any atom is 0.225 e. The number of nitrogens with zero attached hydrogens (tertiary/aromatic N) is 3. The molecule has 2 aromatic heterocycles. The van der Waals surface area contributed by atoms with Crippen LogP contribution in [-0.2, 0) is 16.0 Å². The van der Waals surface area contributed by atoms with E-state index in [9.17, 15) is 9.59 Å². The SMILES string of the molecule is CC[C@@H]1C[C@H]1C(=O)N1CCC(NC(=O)Cc2cnn3ccccc23)CC1. The van der Waals surface area contributed by atoms with E-state index in [0.29, 0.717) is 18.2 Å². The van der Waals surface area contributed by atoms with Gasteiger partial charge in [0.15, 0.2) is 0 Å². The molecule has 6 nitrogen and oxygen atoms in total. The van der Waals surface area contributed by atoms with E-state index >= 15 is 0 Å². The molecule has 0 bridgehead atoms. The lowest BCUT2D eigenvalue weighted by Gasteiger charge is -2.32. The molecule has 1 aliphatic heterocycles. The zero-order chi connectivity index (χ0) is 18.1. The molecule has 2 fully saturated rings. The molecule has 2 atom stereocenters. The Morgan fingerprint density at radius 2 is 2.08 bits per heavy atom. The second-order valence-electron chi connectivity index (χ2n) is 7.55. The molecular weight excluding hydrogens is 328 g/mol. The highest BCUT2D eigenvalue weighted by Crippen LogP contribution is 2.42. The highest BCUT2D eigenvalue weighted by Gasteiger charge is 2.43. The van der Waals surface area contributed by atoms with Crippen molar-refractivity contribution < 1.29 is 9.59 Å². The summed E-state index contributed by atoms with van der Waals surface area (Å²) in [6, 6.07) is 6.01. The molecule has 26 heavy (non-hydrogen) atoms. The second-order valence-corrected chi connectivity index (χ2v) is 7.55. The van der Waals surface area contributed by atoms with Crippen LogP contribution in [0.5, 0.6) is 0 Å². The van der Waals surface area contributed by atoms with Crippen molar-refractivity contribution in [2.24, 2.45) is 11.8 Å². The second kappa shape index (κ2) is 7.09. The van der Waals surface area contributed by atoms with Crippen LogP contribution < -0.4 is 5.32 Å². The Bertz CT molecular complexity index is 807. The van der Waals surface area contributed by atoms with Crippen LogP contribution in [0.15, 0.2) is 30.6 Å². The van der Waals surface area contributed by atoms with Gasteiger partial charge in [0, 0.05) is 36.8 Å². The van der Waals surface area contributed by atoms with Gasteiger partial charge in [-0.15, -0.1) is 0 Å². The van der Waals surface area contributed by atoms with Gasteiger partial charge in [0.25, 0.3) is 0 Å². The van der Waals surface area contributed by atoms with Crippen LogP contribution in [-0.4, -0.2) is 45.5 Å². The van der Waals surface area contributed by atoms with Gasteiger partial charge >= 0.3 is 0 Å². The van der Waals surface area contributed by atoms with Crippen LogP contribution in [0.1, 0.15) is 38.2 Å². The lowest BCUT2D eigenvalue weighted by atomic mass is 10.0. The average molecular weight is 354 g/mol. The van der Waals surface area contributed by atoms with Crippen LogP contribution in [0.2, 0.25) is 0 Å². The minimum Gasteiger partial charge on any atom is -0.353 e. The number of amides is 2. The summed E-state index contributed by atoms with van der Waals surface area (Å²) in [5.74, 6) is 1.22. The number of carbonyl (C=O) groups is 2. The molecule has 0 radical (unpaired) electrons. The summed E-state index contributed by atoms with van der Waals surface area (Å²) in [6.07, 6.45) is 7.83. The maximum absolute atomic E-state index is 12.4. The first-order valence-corrected chi connectivity index (χ1v) is 9.65. The fourth-order valence-corrected chi connectivity index (χ4v) is 4.06. The van der Waals surface area contributed by atoms with Gasteiger partial charge in [-0.25, -0.2) is 4.52 Å². The summed E-state index contributed by atoms with van der Waals surface area (Å²) in [4.78, 5) is 26.8. The number of nitrogens with one attached hydrogen (secondary N) is 1. The van der Waals surface area contributed by atoms with E-state index < -0.39 is 0 Å². The molecule has 1 aliphatic carbocycles. The summed E-state index contributed by atoms with van der Waals surface area (Å²) in [5.41, 5.74) is 1.91. The molecule has 2 aromatic rings. The lowest BCUT2D eigenvalue weighted by molar-refractivity contribution is -0.134. The van der Waals surface area contributed by atoms with Gasteiger partial charge in [-0.3, -0.25) is 9.59 Å². The Balaban J connectivity index is 1.26. The average Bonchev–Trinajstić information content (AvgIpc) is 3.36. The largest absolute Gasteiger partial charge is 0.353 e. The zero-order valence-corrected chi connectivity index (χ0v) is 15.2. The molecule has 138 valence electrons. The number of carbonyl (C=O) groups excluding carboxylic acids is 2. The van der Waals surface area contributed by atoms with Crippen molar-refractivity contribution in [2.45, 2.75) is 45.1 Å². The summed E-state index contributed by atoms with van der Waals surface area (Å²) in [5, 5.41) is 7.41. The van der Waals surface area contributed by atoms with E-state index in [1.54, 1.807) is 10.7 Å². The minimum absolute atomic E-state index is 0.0294. The van der Waals surface area contributed by atoms with E-state index in [2.05, 4.69) is 17.3 Å². The van der Waals surface area contributed by atoms with Crippen molar-refractivity contribution in [1.82, 2.24) is 19.8 Å². The Hall–Kier alpha value is -2.37. The van der Waals surface area contributed by atoms with E-state index in [1.165, 1.54) is 0 Å². The molecule has 6 heteroatoms. The van der Waals surface area contributed by atoms with Crippen LogP contribution in [0, 0.1) is 11.8 Å². The molecule has 1 N–H and O–H groups in total. The minimum atomic E-state index is 0.0294. The van der Waals surface area contributed by atoms with E-state index in [0.717, 1.165) is 49.9 Å². The first kappa shape index (κ1) is 17.1. The van der Waals surface area contributed by atoms with Crippen LogP contribution in [0.3, 0.4) is 0 Å². The highest BCUT2D eigenvalue weighted by molar-refractivity contribution is 5.82. The van der Waals surface area contributed by atoms with Crippen molar-refractivity contribution in [3.05, 3.63) is 36.2 Å². The molecule has 4 rings (SSSR count). The topological polar surface area (TPSA) is 66.7 Å². The molecule has 1 saturated heterocycles. The van der Waals surface area contributed by atoms with Gasteiger partial charge in [0.1, 0.15) is 0 Å². The van der Waals surface area contributed by atoms with Gasteiger partial charge in [0.05, 0.1) is 18.1 Å². The highest BCUT2D eigenvalue weighted by atomic mass is 16.2. The fraction of sp³-hybridized carbons (Fsp3) is 0.550. The number of pyridine rings is 1. The van der Waals surface area contributed by atoms with Crippen molar-refractivity contribution in [2.75, 3.05) is 13.1 Å². The van der Waals surface area contributed by atoms with Gasteiger partial charge in [-0.2, -0.15) is 5.10 Å². The zero-order valence-electron chi connectivity index (χ0n) is 15.2. The third-order valence-electron chi connectivity index (χ3n) is 5.79. The Morgan fingerprint density at radius 3 is 2.81 bits per heavy atom. The number of hydrogen-bond donors (Lipinski definition) is 1. The lowest BCUT2D eigenvalue weighted by Crippen LogP contribution is -2.47. The van der Waals surface area contributed by atoms with Crippen molar-refractivity contribution >= 4 is 17.3 Å². The first-order valence-electron chi connectivity index (χ1n) is 9.65. The van der Waals surface area contributed by atoms with Crippen LogP contribution >= 0.6 is 0 Å². The number of fused-ring (bicyclic) bond motifs is 1. The quantitative estimate of drug-likeness (QED) is 0.893. The third-order valence-corrected chi connectivity index (χ3v) is 5.79. The number of aromatic nitrogens is 2. The third kappa shape index (κ3) is 3.45. The number of hydrogen-bond acceptors (Lipinski definition) is 3. The molecule has 2 aliphatic rings. The fourth-order valence-electron chi connectivity index (χ4n) is 4.06. The summed E-state index contributed by atoms with van der Waals surface area (Å²) >= 11 is 0. The summed E-state index contributed by atoms with van der Waals surface area (Å²) < 4.78 is 1.79. The smallest absolute Gasteiger partial charge is 0.225 e. The predicted molar refractivity (Wildman–Crippen MR) is 98.5 cm³/mol. The van der Waals surface area contributed by atoms with Gasteiger partial charge in [-0.1, -0.05) is 19.4 Å².